The van der Waals surface area contributed by atoms with E-state index in [2.05, 4.69) is 38.2 Å². The summed E-state index contributed by atoms with van der Waals surface area (Å²) in [5.74, 6) is -0.855. The number of rotatable bonds is 4. The Balaban J connectivity index is 2.19. The highest BCUT2D eigenvalue weighted by molar-refractivity contribution is 5.33. The van der Waals surface area contributed by atoms with Gasteiger partial charge in [0.25, 0.3) is 0 Å². The molecule has 112 valence electrons. The predicted octanol–water partition coefficient (Wildman–Crippen LogP) is 4.41. The maximum atomic E-state index is 13.4. The number of phenolic OH excluding ortho intramolecular Hbond substituents is 1. The fourth-order valence-electron chi connectivity index (χ4n) is 2.48. The van der Waals surface area contributed by atoms with Crippen LogP contribution in [0, 0.1) is 11.2 Å². The van der Waals surface area contributed by atoms with E-state index in [-0.39, 0.29) is 17.2 Å². The molecule has 0 radical (unpaired) electrons. The Labute approximate surface area is 125 Å². The van der Waals surface area contributed by atoms with Crippen molar-refractivity contribution in [3.8, 4) is 5.75 Å². The van der Waals surface area contributed by atoms with Crippen LogP contribution in [0.25, 0.3) is 0 Å². The van der Waals surface area contributed by atoms with Gasteiger partial charge >= 0.3 is 0 Å². The highest BCUT2D eigenvalue weighted by Gasteiger charge is 2.25. The van der Waals surface area contributed by atoms with Gasteiger partial charge in [0.15, 0.2) is 11.6 Å². The Bertz CT molecular complexity index is 590. The average molecular weight is 287 g/mol. The summed E-state index contributed by atoms with van der Waals surface area (Å²) in [5, 5.41) is 13.2. The first-order valence-electron chi connectivity index (χ1n) is 7.14. The molecule has 0 fully saturated rings. The van der Waals surface area contributed by atoms with Gasteiger partial charge in [0.1, 0.15) is 0 Å². The number of halogens is 1. The Morgan fingerprint density at radius 2 is 1.71 bits per heavy atom. The lowest BCUT2D eigenvalue weighted by molar-refractivity contribution is 0.269. The van der Waals surface area contributed by atoms with Crippen molar-refractivity contribution in [2.24, 2.45) is 5.41 Å². The van der Waals surface area contributed by atoms with E-state index < -0.39 is 5.82 Å². The lowest BCUT2D eigenvalue weighted by Gasteiger charge is -2.32. The fraction of sp³-hybridized carbons (Fsp3) is 0.333. The van der Waals surface area contributed by atoms with Gasteiger partial charge in [-0.05, 0) is 17.0 Å². The van der Waals surface area contributed by atoms with Crippen LogP contribution in [0.1, 0.15) is 37.9 Å². The normalized spacial score (nSPS) is 13.1. The molecule has 1 unspecified atom stereocenters. The lowest BCUT2D eigenvalue weighted by Crippen LogP contribution is -2.32. The molecule has 0 amide bonds. The first kappa shape index (κ1) is 15.5. The number of para-hydroxylation sites is 1. The third-order valence-corrected chi connectivity index (χ3v) is 3.57. The molecule has 0 saturated carbocycles. The van der Waals surface area contributed by atoms with Crippen LogP contribution in [0.4, 0.5) is 4.39 Å². The van der Waals surface area contributed by atoms with Gasteiger partial charge in [-0.15, -0.1) is 0 Å². The third kappa shape index (κ3) is 3.82. The first-order chi connectivity index (χ1) is 9.89. The average Bonchev–Trinajstić information content (AvgIpc) is 2.43. The molecule has 2 aromatic carbocycles. The van der Waals surface area contributed by atoms with E-state index in [1.54, 1.807) is 12.1 Å². The summed E-state index contributed by atoms with van der Waals surface area (Å²) in [5.41, 5.74) is 1.76. The van der Waals surface area contributed by atoms with Crippen molar-refractivity contribution in [1.29, 1.82) is 0 Å². The molecule has 0 heterocycles. The van der Waals surface area contributed by atoms with Crippen molar-refractivity contribution in [3.05, 3.63) is 65.5 Å². The topological polar surface area (TPSA) is 32.3 Å². The molecule has 0 saturated heterocycles. The van der Waals surface area contributed by atoms with Crippen LogP contribution in [0.5, 0.6) is 5.75 Å². The van der Waals surface area contributed by atoms with E-state index in [9.17, 15) is 9.50 Å². The molecule has 2 rings (SSSR count). The van der Waals surface area contributed by atoms with Crippen LogP contribution in [-0.4, -0.2) is 5.11 Å². The molecule has 0 aromatic heterocycles. The first-order valence-corrected chi connectivity index (χ1v) is 7.14. The smallest absolute Gasteiger partial charge is 0.165 e. The van der Waals surface area contributed by atoms with Crippen molar-refractivity contribution in [3.63, 3.8) is 0 Å². The maximum absolute atomic E-state index is 13.4. The number of nitrogens with one attached hydrogen (secondary N) is 1. The van der Waals surface area contributed by atoms with Gasteiger partial charge in [-0.1, -0.05) is 63.2 Å². The van der Waals surface area contributed by atoms with E-state index >= 15 is 0 Å². The van der Waals surface area contributed by atoms with Gasteiger partial charge in [-0.2, -0.15) is 0 Å². The summed E-state index contributed by atoms with van der Waals surface area (Å²) in [4.78, 5) is 0. The zero-order valence-electron chi connectivity index (χ0n) is 12.7. The van der Waals surface area contributed by atoms with Crippen LogP contribution < -0.4 is 5.32 Å². The predicted molar refractivity (Wildman–Crippen MR) is 83.5 cm³/mol. The number of aromatic hydroxyl groups is 1. The summed E-state index contributed by atoms with van der Waals surface area (Å²) in [6.45, 7) is 6.88. The quantitative estimate of drug-likeness (QED) is 0.873. The Morgan fingerprint density at radius 3 is 2.33 bits per heavy atom. The van der Waals surface area contributed by atoms with Crippen molar-refractivity contribution in [2.45, 2.75) is 33.4 Å². The minimum atomic E-state index is -0.582. The van der Waals surface area contributed by atoms with Gasteiger partial charge < -0.3 is 10.4 Å². The SMILES string of the molecule is CC(C)(C)C(NCc1cccc(F)c1O)c1ccccc1. The molecule has 2 N–H and O–H groups in total. The van der Waals surface area contributed by atoms with Gasteiger partial charge in [0, 0.05) is 18.2 Å². The minimum absolute atomic E-state index is 0.00426. The fourth-order valence-corrected chi connectivity index (χ4v) is 2.48. The molecule has 2 aromatic rings. The van der Waals surface area contributed by atoms with Gasteiger partial charge in [-0.25, -0.2) is 4.39 Å². The molecule has 0 spiro atoms. The molecule has 2 nitrogen and oxygen atoms in total. The van der Waals surface area contributed by atoms with Gasteiger partial charge in [0.05, 0.1) is 0 Å². The second-order valence-electron chi connectivity index (χ2n) is 6.34. The van der Waals surface area contributed by atoms with Crippen LogP contribution in [0.2, 0.25) is 0 Å². The summed E-state index contributed by atoms with van der Waals surface area (Å²) in [6.07, 6.45) is 0. The molecule has 0 aliphatic heterocycles. The molecule has 21 heavy (non-hydrogen) atoms. The zero-order valence-corrected chi connectivity index (χ0v) is 12.7. The maximum Gasteiger partial charge on any atom is 0.165 e. The molecule has 0 aliphatic rings. The molecular weight excluding hydrogens is 265 g/mol. The Hall–Kier alpha value is -1.87. The number of hydrogen-bond donors (Lipinski definition) is 2. The number of hydrogen-bond acceptors (Lipinski definition) is 2. The zero-order chi connectivity index (χ0) is 15.5. The standard InChI is InChI=1S/C18H22FNO/c1-18(2,3)17(13-8-5-4-6-9-13)20-12-14-10-7-11-15(19)16(14)21/h4-11,17,20-21H,12H2,1-3H3. The second-order valence-corrected chi connectivity index (χ2v) is 6.34. The van der Waals surface area contributed by atoms with Crippen LogP contribution >= 0.6 is 0 Å². The summed E-state index contributed by atoms with van der Waals surface area (Å²) >= 11 is 0. The van der Waals surface area contributed by atoms with Crippen LogP contribution in [0.15, 0.2) is 48.5 Å². The van der Waals surface area contributed by atoms with Crippen LogP contribution in [-0.2, 0) is 6.54 Å². The van der Waals surface area contributed by atoms with E-state index in [4.69, 9.17) is 0 Å². The number of benzene rings is 2. The number of phenols is 1. The highest BCUT2D eigenvalue weighted by Crippen LogP contribution is 2.33. The Kier molecular flexibility index (Phi) is 4.63. The monoisotopic (exact) mass is 287 g/mol. The largest absolute Gasteiger partial charge is 0.505 e. The second kappa shape index (κ2) is 6.27. The lowest BCUT2D eigenvalue weighted by atomic mass is 9.82. The van der Waals surface area contributed by atoms with E-state index in [1.807, 2.05) is 18.2 Å². The van der Waals surface area contributed by atoms with Crippen LogP contribution in [0.3, 0.4) is 0 Å². The van der Waals surface area contributed by atoms with Crippen molar-refractivity contribution in [1.82, 2.24) is 5.32 Å². The van der Waals surface area contributed by atoms with E-state index in [1.165, 1.54) is 11.6 Å². The molecule has 1 atom stereocenters. The molecule has 0 aliphatic carbocycles. The minimum Gasteiger partial charge on any atom is -0.505 e. The van der Waals surface area contributed by atoms with Crippen molar-refractivity contribution < 1.29 is 9.50 Å². The summed E-state index contributed by atoms with van der Waals surface area (Å²) < 4.78 is 13.4. The molecule has 3 heteroatoms. The Morgan fingerprint density at radius 1 is 1.05 bits per heavy atom. The van der Waals surface area contributed by atoms with Gasteiger partial charge in [-0.3, -0.25) is 0 Å². The van der Waals surface area contributed by atoms with Crippen molar-refractivity contribution in [2.75, 3.05) is 0 Å². The summed E-state index contributed by atoms with van der Waals surface area (Å²) in [7, 11) is 0. The van der Waals surface area contributed by atoms with E-state index in [0.717, 1.165) is 0 Å². The van der Waals surface area contributed by atoms with Gasteiger partial charge in [0.2, 0.25) is 0 Å². The molecular formula is C18H22FNO. The summed E-state index contributed by atoms with van der Waals surface area (Å²) in [6, 6.07) is 14.9. The molecule has 0 bridgehead atoms. The van der Waals surface area contributed by atoms with E-state index in [0.29, 0.717) is 12.1 Å². The highest BCUT2D eigenvalue weighted by atomic mass is 19.1. The van der Waals surface area contributed by atoms with Crippen molar-refractivity contribution >= 4 is 0 Å². The third-order valence-electron chi connectivity index (χ3n) is 3.57.